The summed E-state index contributed by atoms with van der Waals surface area (Å²) in [5.41, 5.74) is 0.597. The van der Waals surface area contributed by atoms with Crippen molar-refractivity contribution in [3.8, 4) is 0 Å². The lowest BCUT2D eigenvalue weighted by Crippen LogP contribution is -2.11. The fourth-order valence-corrected chi connectivity index (χ4v) is 1.43. The maximum Gasteiger partial charge on any atom is 0.311 e. The average Bonchev–Trinajstić information content (AvgIpc) is 2.81. The first-order chi connectivity index (χ1) is 8.58. The highest BCUT2D eigenvalue weighted by molar-refractivity contribution is 5.56. The summed E-state index contributed by atoms with van der Waals surface area (Å²) in [6.07, 6.45) is 0. The second kappa shape index (κ2) is 4.73. The number of hydrogen-bond donors (Lipinski definition) is 2. The number of aryl methyl sites for hydroxylation is 1. The molecule has 0 spiro atoms. The van der Waals surface area contributed by atoms with E-state index in [-0.39, 0.29) is 17.5 Å². The van der Waals surface area contributed by atoms with Gasteiger partial charge in [-0.2, -0.15) is 5.21 Å². The predicted molar refractivity (Wildman–Crippen MR) is 61.8 cm³/mol. The van der Waals surface area contributed by atoms with Crippen molar-refractivity contribution in [2.75, 3.05) is 5.32 Å². The molecule has 0 aliphatic heterocycles. The molecule has 0 fully saturated rings. The molecule has 2 aromatic heterocycles. The summed E-state index contributed by atoms with van der Waals surface area (Å²) in [5, 5.41) is 27.1. The Bertz CT molecular complexity index is 554. The molecule has 1 atom stereocenters. The van der Waals surface area contributed by atoms with E-state index >= 15 is 0 Å². The summed E-state index contributed by atoms with van der Waals surface area (Å²) >= 11 is 0. The summed E-state index contributed by atoms with van der Waals surface area (Å²) in [5.74, 6) is 0.602. The molecule has 0 amide bonds. The largest absolute Gasteiger partial charge is 0.354 e. The van der Waals surface area contributed by atoms with Gasteiger partial charge in [-0.25, -0.2) is 4.98 Å². The second-order valence-corrected chi connectivity index (χ2v) is 3.71. The molecule has 0 bridgehead atoms. The zero-order valence-electron chi connectivity index (χ0n) is 9.78. The predicted octanol–water partition coefficient (Wildman–Crippen LogP) is 0.984. The molecule has 0 aliphatic rings. The summed E-state index contributed by atoms with van der Waals surface area (Å²) < 4.78 is 0. The van der Waals surface area contributed by atoms with Crippen LogP contribution < -0.4 is 5.32 Å². The third kappa shape index (κ3) is 2.39. The van der Waals surface area contributed by atoms with Gasteiger partial charge in [0, 0.05) is 11.8 Å². The smallest absolute Gasteiger partial charge is 0.311 e. The van der Waals surface area contributed by atoms with E-state index in [1.165, 1.54) is 6.07 Å². The number of anilines is 1. The minimum absolute atomic E-state index is 0.0871. The molecule has 9 heteroatoms. The minimum Gasteiger partial charge on any atom is -0.354 e. The molecule has 18 heavy (non-hydrogen) atoms. The Morgan fingerprint density at radius 2 is 2.28 bits per heavy atom. The summed E-state index contributed by atoms with van der Waals surface area (Å²) in [6.45, 7) is 3.52. The Hall–Kier alpha value is -2.58. The van der Waals surface area contributed by atoms with Crippen LogP contribution in [0.2, 0.25) is 0 Å². The van der Waals surface area contributed by atoms with Gasteiger partial charge in [0.15, 0.2) is 5.82 Å². The first-order valence-electron chi connectivity index (χ1n) is 5.20. The van der Waals surface area contributed by atoms with Crippen molar-refractivity contribution in [3.05, 3.63) is 33.8 Å². The Morgan fingerprint density at radius 3 is 2.89 bits per heavy atom. The van der Waals surface area contributed by atoms with E-state index in [1.807, 2.05) is 0 Å². The zero-order chi connectivity index (χ0) is 13.1. The third-order valence-electron chi connectivity index (χ3n) is 2.31. The zero-order valence-corrected chi connectivity index (χ0v) is 9.78. The molecule has 0 saturated carbocycles. The van der Waals surface area contributed by atoms with Crippen molar-refractivity contribution in [2.45, 2.75) is 19.9 Å². The molecule has 9 nitrogen and oxygen atoms in total. The monoisotopic (exact) mass is 249 g/mol. The number of rotatable bonds is 4. The van der Waals surface area contributed by atoms with E-state index in [2.05, 4.69) is 30.9 Å². The third-order valence-corrected chi connectivity index (χ3v) is 2.31. The molecule has 0 aromatic carbocycles. The Morgan fingerprint density at radius 1 is 1.50 bits per heavy atom. The lowest BCUT2D eigenvalue weighted by atomic mass is 10.3. The van der Waals surface area contributed by atoms with Crippen molar-refractivity contribution in [3.63, 3.8) is 0 Å². The number of aromatic nitrogens is 5. The number of H-pyrrole nitrogens is 1. The van der Waals surface area contributed by atoms with Crippen molar-refractivity contribution >= 4 is 11.5 Å². The number of hydrogen-bond acceptors (Lipinski definition) is 7. The number of nitrogens with zero attached hydrogens (tertiary/aromatic N) is 5. The van der Waals surface area contributed by atoms with E-state index in [9.17, 15) is 10.1 Å². The van der Waals surface area contributed by atoms with Crippen molar-refractivity contribution in [1.29, 1.82) is 0 Å². The van der Waals surface area contributed by atoms with Gasteiger partial charge in [0.1, 0.15) is 0 Å². The Kier molecular flexibility index (Phi) is 3.13. The maximum absolute atomic E-state index is 10.9. The van der Waals surface area contributed by atoms with Gasteiger partial charge in [-0.1, -0.05) is 5.21 Å². The standard InChI is InChI=1S/C9H11N7O2/c1-5-3-4-7(16(17)18)9(10-5)11-6(2)8-12-14-15-13-8/h3-4,6H,1-2H3,(H,10,11)(H,12,13,14,15). The molecule has 0 saturated heterocycles. The molecule has 94 valence electrons. The van der Waals surface area contributed by atoms with Crippen molar-refractivity contribution in [1.82, 2.24) is 25.6 Å². The highest BCUT2D eigenvalue weighted by Gasteiger charge is 2.19. The highest BCUT2D eigenvalue weighted by Crippen LogP contribution is 2.25. The van der Waals surface area contributed by atoms with Crippen LogP contribution in [0.15, 0.2) is 12.1 Å². The summed E-state index contributed by atoms with van der Waals surface area (Å²) in [4.78, 5) is 14.5. The van der Waals surface area contributed by atoms with Crippen LogP contribution in [0, 0.1) is 17.0 Å². The van der Waals surface area contributed by atoms with Crippen LogP contribution in [0.4, 0.5) is 11.5 Å². The van der Waals surface area contributed by atoms with Crippen LogP contribution in [-0.4, -0.2) is 30.5 Å². The maximum atomic E-state index is 10.9. The van der Waals surface area contributed by atoms with Gasteiger partial charge in [0.2, 0.25) is 5.82 Å². The Balaban J connectivity index is 2.28. The van der Waals surface area contributed by atoms with E-state index in [0.29, 0.717) is 11.5 Å². The quantitative estimate of drug-likeness (QED) is 0.611. The number of tetrazole rings is 1. The fraction of sp³-hybridized carbons (Fsp3) is 0.333. The van der Waals surface area contributed by atoms with E-state index in [1.54, 1.807) is 19.9 Å². The van der Waals surface area contributed by atoms with Crippen molar-refractivity contribution in [2.24, 2.45) is 0 Å². The SMILES string of the molecule is Cc1ccc([N+](=O)[O-])c(NC(C)c2nn[nH]n2)n1. The molecule has 0 aliphatic carbocycles. The van der Waals surface area contributed by atoms with E-state index in [4.69, 9.17) is 0 Å². The highest BCUT2D eigenvalue weighted by atomic mass is 16.6. The fourth-order valence-electron chi connectivity index (χ4n) is 1.43. The van der Waals surface area contributed by atoms with Gasteiger partial charge in [-0.3, -0.25) is 10.1 Å². The molecule has 1 unspecified atom stereocenters. The number of nitrogens with one attached hydrogen (secondary N) is 2. The first kappa shape index (κ1) is 11.9. The lowest BCUT2D eigenvalue weighted by Gasteiger charge is -2.11. The molecule has 2 heterocycles. The van der Waals surface area contributed by atoms with Crippen LogP contribution in [0.3, 0.4) is 0 Å². The van der Waals surface area contributed by atoms with Gasteiger partial charge in [0.25, 0.3) is 0 Å². The van der Waals surface area contributed by atoms with Crippen LogP contribution in [0.1, 0.15) is 24.5 Å². The number of pyridine rings is 1. The van der Waals surface area contributed by atoms with Crippen molar-refractivity contribution < 1.29 is 4.92 Å². The molecule has 2 aromatic rings. The number of aromatic amines is 1. The average molecular weight is 249 g/mol. The molecular formula is C9H11N7O2. The lowest BCUT2D eigenvalue weighted by molar-refractivity contribution is -0.384. The van der Waals surface area contributed by atoms with Crippen LogP contribution in [0.25, 0.3) is 0 Å². The second-order valence-electron chi connectivity index (χ2n) is 3.71. The van der Waals surface area contributed by atoms with Gasteiger partial charge < -0.3 is 5.32 Å². The van der Waals surface area contributed by atoms with Gasteiger partial charge >= 0.3 is 5.69 Å². The van der Waals surface area contributed by atoms with Crippen LogP contribution in [0.5, 0.6) is 0 Å². The first-order valence-corrected chi connectivity index (χ1v) is 5.20. The topological polar surface area (TPSA) is 123 Å². The number of nitro groups is 1. The van der Waals surface area contributed by atoms with Gasteiger partial charge in [-0.15, -0.1) is 10.2 Å². The van der Waals surface area contributed by atoms with Gasteiger partial charge in [0.05, 0.1) is 11.0 Å². The van der Waals surface area contributed by atoms with Gasteiger partial charge in [-0.05, 0) is 19.9 Å². The normalized spacial score (nSPS) is 12.1. The summed E-state index contributed by atoms with van der Waals surface area (Å²) in [6, 6.07) is 2.66. The molecule has 2 rings (SSSR count). The minimum atomic E-state index is -0.488. The Labute approximate surface area is 102 Å². The molecular weight excluding hydrogens is 238 g/mol. The van der Waals surface area contributed by atoms with E-state index in [0.717, 1.165) is 0 Å². The van der Waals surface area contributed by atoms with Crippen LogP contribution >= 0.6 is 0 Å². The summed E-state index contributed by atoms with van der Waals surface area (Å²) in [7, 11) is 0. The van der Waals surface area contributed by atoms with Crippen LogP contribution in [-0.2, 0) is 0 Å². The molecule has 0 radical (unpaired) electrons. The molecule has 2 N–H and O–H groups in total. The van der Waals surface area contributed by atoms with E-state index < -0.39 is 4.92 Å².